The Morgan fingerprint density at radius 3 is 2.89 bits per heavy atom. The van der Waals surface area contributed by atoms with Gasteiger partial charge >= 0.3 is 7.32 Å². The number of unbranched alkanes of at least 4 members (excludes halogenated alkanes) is 1. The third-order valence-electron chi connectivity index (χ3n) is 3.74. The highest BCUT2D eigenvalue weighted by molar-refractivity contribution is 6.32. The molecule has 0 radical (unpaired) electrons. The number of nitrogens with zero attached hydrogens (tertiary/aromatic N) is 4. The molecule has 0 bridgehead atoms. The monoisotopic (exact) mass is 416 g/mol. The zero-order valence-corrected chi connectivity index (χ0v) is 15.9. The van der Waals surface area contributed by atoms with Gasteiger partial charge in [-0.3, -0.25) is 4.79 Å². The van der Waals surface area contributed by atoms with Crippen molar-refractivity contribution in [1.82, 2.24) is 25.5 Å². The predicted molar refractivity (Wildman–Crippen MR) is 100 cm³/mol. The highest BCUT2D eigenvalue weighted by Gasteiger charge is 2.17. The summed E-state index contributed by atoms with van der Waals surface area (Å²) in [5.41, 5.74) is 6.71. The lowest BCUT2D eigenvalue weighted by atomic mass is 10.1. The number of hydrogen-bond acceptors (Lipinski definition) is 8. The Bertz CT molecular complexity index is 738. The third-order valence-corrected chi connectivity index (χ3v) is 3.74. The van der Waals surface area contributed by atoms with E-state index in [1.807, 2.05) is 0 Å². The van der Waals surface area contributed by atoms with Gasteiger partial charge < -0.3 is 25.8 Å². The number of rotatable bonds is 11. The number of nitrogens with two attached hydrogens (primary N) is 1. The molecule has 0 aliphatic carbocycles. The Morgan fingerprint density at radius 2 is 2.18 bits per heavy atom. The summed E-state index contributed by atoms with van der Waals surface area (Å²) in [7, 11) is -1.78. The van der Waals surface area contributed by atoms with Crippen LogP contribution in [0.2, 0.25) is 0 Å². The molecule has 0 fully saturated rings. The second kappa shape index (κ2) is 12.4. The van der Waals surface area contributed by atoms with Gasteiger partial charge in [-0.25, -0.2) is 9.07 Å². The van der Waals surface area contributed by atoms with E-state index >= 15 is 0 Å². The molecule has 0 saturated carbocycles. The third kappa shape index (κ3) is 8.27. The van der Waals surface area contributed by atoms with Crippen molar-refractivity contribution in [3.8, 4) is 0 Å². The van der Waals surface area contributed by atoms with Crippen LogP contribution in [0.15, 0.2) is 24.3 Å². The topological polar surface area (TPSA) is 148 Å². The van der Waals surface area contributed by atoms with Crippen LogP contribution < -0.4 is 11.1 Å². The first-order valence-electron chi connectivity index (χ1n) is 8.46. The number of aromatic nitrogens is 4. The molecule has 2 rings (SSSR count). The molecule has 1 amide bonds. The summed E-state index contributed by atoms with van der Waals surface area (Å²) in [6, 6.07) is 5.48. The molecule has 10 nitrogen and oxygen atoms in total. The molecule has 0 saturated heterocycles. The highest BCUT2D eigenvalue weighted by Crippen LogP contribution is 2.13. The number of carbonyl (C=O) groups excluding carboxylic acids is 1. The molecular weight excluding hydrogens is 393 g/mol. The van der Waals surface area contributed by atoms with Crippen molar-refractivity contribution in [3.05, 3.63) is 41.5 Å². The average molecular weight is 417 g/mol. The minimum absolute atomic E-state index is 0. The second-order valence-corrected chi connectivity index (χ2v) is 5.90. The Hall–Kier alpha value is -2.12. The summed E-state index contributed by atoms with van der Waals surface area (Å²) in [4.78, 5) is 12.1. The van der Waals surface area contributed by atoms with E-state index in [0.717, 1.165) is 0 Å². The van der Waals surface area contributed by atoms with Gasteiger partial charge in [0.2, 0.25) is 5.91 Å². The summed E-state index contributed by atoms with van der Waals surface area (Å²) < 4.78 is 19.1. The van der Waals surface area contributed by atoms with Crippen molar-refractivity contribution >= 4 is 25.6 Å². The van der Waals surface area contributed by atoms with Crippen molar-refractivity contribution in [3.63, 3.8) is 0 Å². The van der Waals surface area contributed by atoms with Crippen molar-refractivity contribution < 1.29 is 23.9 Å². The molecule has 1 atom stereocenters. The van der Waals surface area contributed by atoms with Gasteiger partial charge in [-0.2, -0.15) is 0 Å². The lowest BCUT2D eigenvalue weighted by molar-refractivity contribution is -0.122. The van der Waals surface area contributed by atoms with Gasteiger partial charge in [0.25, 0.3) is 0 Å². The number of hydrogen-bond donors (Lipinski definition) is 4. The van der Waals surface area contributed by atoms with Crippen LogP contribution in [0.3, 0.4) is 0 Å². The Morgan fingerprint density at radius 1 is 1.39 bits per heavy atom. The van der Waals surface area contributed by atoms with E-state index < -0.39 is 13.4 Å². The predicted octanol–water partition coefficient (Wildman–Crippen LogP) is -0.293. The number of amides is 1. The maximum absolute atomic E-state index is 13.1. The smallest absolute Gasteiger partial charge is 0.402 e. The molecule has 13 heteroatoms. The molecule has 28 heavy (non-hydrogen) atoms. The molecule has 1 aromatic carbocycles. The molecule has 154 valence electrons. The summed E-state index contributed by atoms with van der Waals surface area (Å²) in [6.07, 6.45) is 1.78. The Kier molecular flexibility index (Phi) is 10.6. The standard InChI is InChI=1S/C15H22BFN6O4.ClH/c17-12-5-3-4-11(8-12)9-19-14(24)10-23-15(20-21-22-23)13(18)6-1-2-7-27-16(25)26;/h3-5,8,13,25-26H,1-2,6-7,9-10,18H2,(H,19,24);1H. The van der Waals surface area contributed by atoms with Gasteiger partial charge in [-0.1, -0.05) is 12.1 Å². The fourth-order valence-corrected chi connectivity index (χ4v) is 2.41. The lowest BCUT2D eigenvalue weighted by Gasteiger charge is -2.12. The number of tetrazole rings is 1. The summed E-state index contributed by atoms with van der Waals surface area (Å²) in [5, 5.41) is 31.0. The summed E-state index contributed by atoms with van der Waals surface area (Å²) in [6.45, 7) is 0.278. The maximum Gasteiger partial charge on any atom is 0.633 e. The van der Waals surface area contributed by atoms with Crippen LogP contribution in [-0.2, 0) is 22.5 Å². The second-order valence-electron chi connectivity index (χ2n) is 5.90. The van der Waals surface area contributed by atoms with Crippen LogP contribution in [0, 0.1) is 5.82 Å². The van der Waals surface area contributed by atoms with Gasteiger partial charge in [0.1, 0.15) is 12.4 Å². The van der Waals surface area contributed by atoms with E-state index in [-0.39, 0.29) is 43.8 Å². The van der Waals surface area contributed by atoms with Gasteiger partial charge in [0, 0.05) is 13.2 Å². The van der Waals surface area contributed by atoms with E-state index in [1.165, 1.54) is 16.8 Å². The van der Waals surface area contributed by atoms with Crippen LogP contribution in [0.1, 0.15) is 36.7 Å². The average Bonchev–Trinajstić information content (AvgIpc) is 3.07. The lowest BCUT2D eigenvalue weighted by Crippen LogP contribution is -2.29. The van der Waals surface area contributed by atoms with E-state index in [0.29, 0.717) is 30.7 Å². The molecule has 1 unspecified atom stereocenters. The quantitative estimate of drug-likeness (QED) is 0.288. The fraction of sp³-hybridized carbons (Fsp3) is 0.467. The summed E-state index contributed by atoms with van der Waals surface area (Å²) in [5.74, 6) is -0.321. The van der Waals surface area contributed by atoms with E-state index in [9.17, 15) is 9.18 Å². The molecule has 0 aliphatic rings. The zero-order chi connectivity index (χ0) is 19.6. The van der Waals surface area contributed by atoms with Crippen LogP contribution in [-0.4, -0.2) is 50.1 Å². The van der Waals surface area contributed by atoms with Gasteiger partial charge in [0.05, 0.1) is 6.04 Å². The van der Waals surface area contributed by atoms with Crippen LogP contribution in [0.4, 0.5) is 4.39 Å². The van der Waals surface area contributed by atoms with E-state index in [4.69, 9.17) is 15.8 Å². The van der Waals surface area contributed by atoms with Crippen molar-refractivity contribution in [2.75, 3.05) is 6.61 Å². The largest absolute Gasteiger partial charge is 0.633 e. The first kappa shape index (κ1) is 23.9. The molecule has 2 aromatic rings. The highest BCUT2D eigenvalue weighted by atomic mass is 35.5. The SMILES string of the molecule is Cl.NC(CCCCOB(O)O)c1nnnn1CC(=O)NCc1cccc(F)c1. The zero-order valence-electron chi connectivity index (χ0n) is 15.1. The Balaban J connectivity index is 0.00000392. The number of benzene rings is 1. The van der Waals surface area contributed by atoms with E-state index in [1.54, 1.807) is 12.1 Å². The first-order valence-corrected chi connectivity index (χ1v) is 8.46. The maximum atomic E-state index is 13.1. The van der Waals surface area contributed by atoms with Crippen LogP contribution >= 0.6 is 12.4 Å². The number of halogens is 2. The van der Waals surface area contributed by atoms with Gasteiger partial charge in [-0.15, -0.1) is 17.5 Å². The van der Waals surface area contributed by atoms with Crippen molar-refractivity contribution in [2.45, 2.75) is 38.4 Å². The first-order chi connectivity index (χ1) is 13.0. The number of nitrogens with one attached hydrogen (secondary N) is 1. The van der Waals surface area contributed by atoms with Gasteiger partial charge in [-0.05, 0) is 47.4 Å². The van der Waals surface area contributed by atoms with Crippen LogP contribution in [0.25, 0.3) is 0 Å². The molecule has 0 spiro atoms. The summed E-state index contributed by atoms with van der Waals surface area (Å²) >= 11 is 0. The normalized spacial score (nSPS) is 11.6. The van der Waals surface area contributed by atoms with Crippen molar-refractivity contribution in [1.29, 1.82) is 0 Å². The number of carbonyl (C=O) groups is 1. The van der Waals surface area contributed by atoms with E-state index in [2.05, 4.69) is 25.5 Å². The molecule has 1 heterocycles. The van der Waals surface area contributed by atoms with Gasteiger partial charge in [0.15, 0.2) is 5.82 Å². The minimum Gasteiger partial charge on any atom is -0.402 e. The molecule has 5 N–H and O–H groups in total. The minimum atomic E-state index is -1.78. The molecular formula is C15H23BClFN6O4. The van der Waals surface area contributed by atoms with Crippen molar-refractivity contribution in [2.24, 2.45) is 5.73 Å². The fourth-order valence-electron chi connectivity index (χ4n) is 2.41. The molecule has 1 aromatic heterocycles. The Labute approximate surface area is 167 Å². The van der Waals surface area contributed by atoms with Crippen LogP contribution in [0.5, 0.6) is 0 Å². The molecule has 0 aliphatic heterocycles.